The third-order valence-corrected chi connectivity index (χ3v) is 3.35. The van der Waals surface area contributed by atoms with Crippen molar-refractivity contribution in [3.63, 3.8) is 0 Å². The zero-order valence-electron chi connectivity index (χ0n) is 12.6. The number of esters is 1. The average Bonchev–Trinajstić information content (AvgIpc) is 2.85. The number of nitrogens with zero attached hydrogens (tertiary/aromatic N) is 1. The third kappa shape index (κ3) is 4.06. The van der Waals surface area contributed by atoms with Crippen molar-refractivity contribution in [1.29, 1.82) is 0 Å². The highest BCUT2D eigenvalue weighted by Gasteiger charge is 2.38. The van der Waals surface area contributed by atoms with E-state index >= 15 is 0 Å². The Labute approximate surface area is 132 Å². The van der Waals surface area contributed by atoms with Gasteiger partial charge in [0.15, 0.2) is 0 Å². The first-order valence-corrected chi connectivity index (χ1v) is 7.06. The summed E-state index contributed by atoms with van der Waals surface area (Å²) in [6.07, 6.45) is 0.164. The predicted molar refractivity (Wildman–Crippen MR) is 80.5 cm³/mol. The molecule has 1 aromatic rings. The van der Waals surface area contributed by atoms with E-state index in [1.165, 1.54) is 7.11 Å². The quantitative estimate of drug-likeness (QED) is 0.575. The number of methoxy groups -OCH3 is 1. The van der Waals surface area contributed by atoms with E-state index in [0.29, 0.717) is 5.69 Å². The number of hydrogen-bond acceptors (Lipinski definition) is 5. The molecule has 0 aromatic heterocycles. The first-order valence-electron chi connectivity index (χ1n) is 7.06. The van der Waals surface area contributed by atoms with E-state index in [9.17, 15) is 19.2 Å². The Morgan fingerprint density at radius 2 is 1.96 bits per heavy atom. The third-order valence-electron chi connectivity index (χ3n) is 3.35. The lowest BCUT2D eigenvalue weighted by molar-refractivity contribution is -0.141. The normalized spacial score (nSPS) is 16.9. The second kappa shape index (κ2) is 7.39. The molecule has 1 atom stereocenters. The Morgan fingerprint density at radius 3 is 2.61 bits per heavy atom. The first kappa shape index (κ1) is 16.5. The van der Waals surface area contributed by atoms with Gasteiger partial charge in [0.1, 0.15) is 12.6 Å². The van der Waals surface area contributed by atoms with Crippen molar-refractivity contribution >= 4 is 29.5 Å². The number of carbonyl (C=O) groups is 4. The zero-order chi connectivity index (χ0) is 16.8. The SMILES string of the molecule is COC(=O)CNC(=O)CC[C@H]1NC(=O)N(c2ccccc2)C1=O. The van der Waals surface area contributed by atoms with Crippen molar-refractivity contribution in [2.75, 3.05) is 18.6 Å². The summed E-state index contributed by atoms with van der Waals surface area (Å²) in [6.45, 7) is -0.226. The molecule has 1 saturated heterocycles. The number of hydrogen-bond donors (Lipinski definition) is 2. The molecule has 1 aliphatic rings. The van der Waals surface area contributed by atoms with Crippen LogP contribution in [0.5, 0.6) is 0 Å². The summed E-state index contributed by atoms with van der Waals surface area (Å²) in [5, 5.41) is 4.92. The Kier molecular flexibility index (Phi) is 5.29. The first-order chi connectivity index (χ1) is 11.0. The van der Waals surface area contributed by atoms with Gasteiger partial charge in [-0.05, 0) is 18.6 Å². The molecule has 2 N–H and O–H groups in total. The van der Waals surface area contributed by atoms with Gasteiger partial charge < -0.3 is 15.4 Å². The summed E-state index contributed by atoms with van der Waals surface area (Å²) >= 11 is 0. The van der Waals surface area contributed by atoms with Crippen LogP contribution < -0.4 is 15.5 Å². The molecule has 4 amide bonds. The van der Waals surface area contributed by atoms with E-state index in [1.54, 1.807) is 30.3 Å². The lowest BCUT2D eigenvalue weighted by Crippen LogP contribution is -2.34. The molecule has 0 spiro atoms. The Bertz CT molecular complexity index is 617. The molecule has 1 aromatic carbocycles. The maximum atomic E-state index is 12.3. The molecule has 122 valence electrons. The van der Waals surface area contributed by atoms with Gasteiger partial charge in [0, 0.05) is 6.42 Å². The van der Waals surface area contributed by atoms with Crippen LogP contribution in [-0.2, 0) is 19.1 Å². The fraction of sp³-hybridized carbons (Fsp3) is 0.333. The second-order valence-corrected chi connectivity index (χ2v) is 4.90. The molecule has 8 heteroatoms. The van der Waals surface area contributed by atoms with Gasteiger partial charge in [-0.1, -0.05) is 18.2 Å². The van der Waals surface area contributed by atoms with Crippen LogP contribution in [0.3, 0.4) is 0 Å². The number of carbonyl (C=O) groups excluding carboxylic acids is 4. The van der Waals surface area contributed by atoms with E-state index in [4.69, 9.17) is 0 Å². The molecule has 23 heavy (non-hydrogen) atoms. The number of rotatable bonds is 6. The molecule has 0 unspecified atom stereocenters. The summed E-state index contributed by atoms with van der Waals surface area (Å²) < 4.78 is 4.40. The van der Waals surface area contributed by atoms with Crippen molar-refractivity contribution in [1.82, 2.24) is 10.6 Å². The topological polar surface area (TPSA) is 105 Å². The standard InChI is InChI=1S/C15H17N3O5/c1-23-13(20)9-16-12(19)8-7-11-14(21)18(15(22)17-11)10-5-3-2-4-6-10/h2-6,11H,7-9H2,1H3,(H,16,19)(H,17,22)/t11-/m1/s1. The molecule has 0 aliphatic carbocycles. The number of anilines is 1. The lowest BCUT2D eigenvalue weighted by Gasteiger charge is -2.12. The highest BCUT2D eigenvalue weighted by Crippen LogP contribution is 2.20. The number of nitrogens with one attached hydrogen (secondary N) is 2. The largest absolute Gasteiger partial charge is 0.468 e. The summed E-state index contributed by atoms with van der Waals surface area (Å²) in [6, 6.07) is 7.27. The maximum absolute atomic E-state index is 12.3. The molecule has 2 rings (SSSR count). The van der Waals surface area contributed by atoms with Crippen molar-refractivity contribution < 1.29 is 23.9 Å². The van der Waals surface area contributed by atoms with Gasteiger partial charge in [0.25, 0.3) is 5.91 Å². The van der Waals surface area contributed by atoms with Gasteiger partial charge in [-0.3, -0.25) is 14.4 Å². The van der Waals surface area contributed by atoms with Crippen LogP contribution in [0.25, 0.3) is 0 Å². The van der Waals surface area contributed by atoms with E-state index < -0.39 is 29.9 Å². The fourth-order valence-corrected chi connectivity index (χ4v) is 2.16. The summed E-state index contributed by atoms with van der Waals surface area (Å²) in [4.78, 5) is 47.8. The molecule has 0 saturated carbocycles. The van der Waals surface area contributed by atoms with Gasteiger partial charge in [-0.25, -0.2) is 9.69 Å². The number of benzene rings is 1. The highest BCUT2D eigenvalue weighted by atomic mass is 16.5. The summed E-state index contributed by atoms with van der Waals surface area (Å²) in [5.41, 5.74) is 0.479. The molecular formula is C15H17N3O5. The Morgan fingerprint density at radius 1 is 1.26 bits per heavy atom. The Balaban J connectivity index is 1.88. The average molecular weight is 319 g/mol. The molecular weight excluding hydrogens is 302 g/mol. The van der Waals surface area contributed by atoms with Crippen LogP contribution in [0.15, 0.2) is 30.3 Å². The van der Waals surface area contributed by atoms with Crippen molar-refractivity contribution in [3.8, 4) is 0 Å². The smallest absolute Gasteiger partial charge is 0.329 e. The Hall–Kier alpha value is -2.90. The number of ether oxygens (including phenoxy) is 1. The number of para-hydroxylation sites is 1. The van der Waals surface area contributed by atoms with Gasteiger partial charge in [-0.2, -0.15) is 0 Å². The number of imide groups is 1. The van der Waals surface area contributed by atoms with Gasteiger partial charge in [0.05, 0.1) is 12.8 Å². The summed E-state index contributed by atoms with van der Waals surface area (Å²) in [7, 11) is 1.22. The molecule has 1 fully saturated rings. The highest BCUT2D eigenvalue weighted by molar-refractivity contribution is 6.21. The van der Waals surface area contributed by atoms with Gasteiger partial charge in [-0.15, -0.1) is 0 Å². The van der Waals surface area contributed by atoms with E-state index in [-0.39, 0.29) is 19.4 Å². The second-order valence-electron chi connectivity index (χ2n) is 4.90. The molecule has 8 nitrogen and oxygen atoms in total. The number of urea groups is 1. The van der Waals surface area contributed by atoms with Crippen LogP contribution in [0, 0.1) is 0 Å². The van der Waals surface area contributed by atoms with Crippen molar-refractivity contribution in [3.05, 3.63) is 30.3 Å². The minimum Gasteiger partial charge on any atom is -0.468 e. The molecule has 1 aliphatic heterocycles. The monoisotopic (exact) mass is 319 g/mol. The van der Waals surface area contributed by atoms with Crippen molar-refractivity contribution in [2.45, 2.75) is 18.9 Å². The van der Waals surface area contributed by atoms with Gasteiger partial charge >= 0.3 is 12.0 Å². The lowest BCUT2D eigenvalue weighted by atomic mass is 10.1. The van der Waals surface area contributed by atoms with Crippen LogP contribution in [0.4, 0.5) is 10.5 Å². The minimum atomic E-state index is -0.758. The zero-order valence-corrected chi connectivity index (χ0v) is 12.6. The van der Waals surface area contributed by atoms with Crippen LogP contribution in [-0.4, -0.2) is 43.5 Å². The molecule has 1 heterocycles. The van der Waals surface area contributed by atoms with Crippen LogP contribution >= 0.6 is 0 Å². The molecule has 0 radical (unpaired) electrons. The molecule has 0 bridgehead atoms. The van der Waals surface area contributed by atoms with Crippen molar-refractivity contribution in [2.24, 2.45) is 0 Å². The van der Waals surface area contributed by atoms with Crippen LogP contribution in [0.2, 0.25) is 0 Å². The van der Waals surface area contributed by atoms with E-state index in [0.717, 1.165) is 4.90 Å². The van der Waals surface area contributed by atoms with E-state index in [1.807, 2.05) is 0 Å². The predicted octanol–water partition coefficient (Wildman–Crippen LogP) is 0.181. The van der Waals surface area contributed by atoms with Crippen LogP contribution in [0.1, 0.15) is 12.8 Å². The minimum absolute atomic E-state index is 0.0102. The maximum Gasteiger partial charge on any atom is 0.329 e. The van der Waals surface area contributed by atoms with E-state index in [2.05, 4.69) is 15.4 Å². The summed E-state index contributed by atoms with van der Waals surface area (Å²) in [5.74, 6) is -1.35. The van der Waals surface area contributed by atoms with Gasteiger partial charge in [0.2, 0.25) is 5.91 Å². The number of amides is 4. The fourth-order valence-electron chi connectivity index (χ4n) is 2.16.